The van der Waals surface area contributed by atoms with Crippen LogP contribution in [0.3, 0.4) is 0 Å². The molecule has 1 aromatic heterocycles. The summed E-state index contributed by atoms with van der Waals surface area (Å²) in [5.74, 6) is 0.225. The molecule has 29 heavy (non-hydrogen) atoms. The summed E-state index contributed by atoms with van der Waals surface area (Å²) in [5.41, 5.74) is 8.57. The van der Waals surface area contributed by atoms with Gasteiger partial charge in [0.15, 0.2) is 5.82 Å². The normalized spacial score (nSPS) is 14.3. The number of halogens is 2. The fourth-order valence-electron chi connectivity index (χ4n) is 3.54. The van der Waals surface area contributed by atoms with E-state index < -0.39 is 0 Å². The van der Waals surface area contributed by atoms with Gasteiger partial charge in [0.25, 0.3) is 0 Å². The van der Waals surface area contributed by atoms with E-state index in [0.717, 1.165) is 24.3 Å². The van der Waals surface area contributed by atoms with Crippen molar-refractivity contribution in [2.24, 2.45) is 0 Å². The number of amides is 1. The first-order valence-corrected chi connectivity index (χ1v) is 10.1. The molecule has 2 N–H and O–H groups in total. The van der Waals surface area contributed by atoms with Gasteiger partial charge in [-0.2, -0.15) is 5.10 Å². The van der Waals surface area contributed by atoms with Crippen LogP contribution in [-0.2, 0) is 11.3 Å². The zero-order valence-electron chi connectivity index (χ0n) is 15.8. The molecule has 0 atom stereocenters. The highest BCUT2D eigenvalue weighted by molar-refractivity contribution is 6.35. The molecule has 8 heteroatoms. The van der Waals surface area contributed by atoms with Crippen molar-refractivity contribution in [2.45, 2.75) is 6.54 Å². The van der Waals surface area contributed by atoms with Gasteiger partial charge in [-0.1, -0.05) is 53.5 Å². The summed E-state index contributed by atoms with van der Waals surface area (Å²) in [5, 5.41) is 5.37. The zero-order valence-corrected chi connectivity index (χ0v) is 17.3. The number of carbonyl (C=O) groups is 1. The lowest BCUT2D eigenvalue weighted by molar-refractivity contribution is -0.132. The molecule has 0 spiro atoms. The van der Waals surface area contributed by atoms with E-state index in [0.29, 0.717) is 28.8 Å². The van der Waals surface area contributed by atoms with Crippen LogP contribution < -0.4 is 10.6 Å². The number of nitrogens with two attached hydrogens (primary N) is 1. The number of benzene rings is 2. The third kappa shape index (κ3) is 4.18. The van der Waals surface area contributed by atoms with E-state index in [1.54, 1.807) is 4.68 Å². The second-order valence-corrected chi connectivity index (χ2v) is 7.73. The van der Waals surface area contributed by atoms with Gasteiger partial charge in [0, 0.05) is 42.5 Å². The van der Waals surface area contributed by atoms with Crippen LogP contribution in [0.4, 0.5) is 11.5 Å². The lowest BCUT2D eigenvalue weighted by Crippen LogP contribution is -2.49. The number of hydrogen-bond donors (Lipinski definition) is 1. The summed E-state index contributed by atoms with van der Waals surface area (Å²) >= 11 is 12.3. The summed E-state index contributed by atoms with van der Waals surface area (Å²) in [6.07, 6.45) is 0. The van der Waals surface area contributed by atoms with Gasteiger partial charge >= 0.3 is 0 Å². The number of anilines is 2. The van der Waals surface area contributed by atoms with Crippen molar-refractivity contribution in [3.8, 4) is 11.3 Å². The Morgan fingerprint density at radius 1 is 0.966 bits per heavy atom. The molecule has 0 radical (unpaired) electrons. The zero-order chi connectivity index (χ0) is 20.4. The Hall–Kier alpha value is -2.70. The molecule has 1 aliphatic heterocycles. The number of hydrogen-bond acceptors (Lipinski definition) is 4. The highest BCUT2D eigenvalue weighted by Gasteiger charge is 2.24. The third-order valence-electron chi connectivity index (χ3n) is 5.08. The first kappa shape index (κ1) is 19.6. The molecule has 0 aliphatic carbocycles. The lowest BCUT2D eigenvalue weighted by Gasteiger charge is -2.36. The van der Waals surface area contributed by atoms with E-state index in [4.69, 9.17) is 28.9 Å². The fraction of sp³-hybridized carbons (Fsp3) is 0.238. The Morgan fingerprint density at radius 3 is 2.28 bits per heavy atom. The molecule has 2 aromatic carbocycles. The predicted octanol–water partition coefficient (Wildman–Crippen LogP) is 3.79. The first-order chi connectivity index (χ1) is 14.0. The van der Waals surface area contributed by atoms with Gasteiger partial charge in [-0.05, 0) is 24.3 Å². The van der Waals surface area contributed by atoms with E-state index in [2.05, 4.69) is 10.00 Å². The highest BCUT2D eigenvalue weighted by Crippen LogP contribution is 2.32. The quantitative estimate of drug-likeness (QED) is 0.684. The van der Waals surface area contributed by atoms with Crippen LogP contribution >= 0.6 is 23.2 Å². The fourth-order valence-corrected chi connectivity index (χ4v) is 3.91. The molecule has 1 amide bonds. The van der Waals surface area contributed by atoms with Crippen LogP contribution in [0.5, 0.6) is 0 Å². The number of aromatic nitrogens is 2. The molecule has 0 bridgehead atoms. The van der Waals surface area contributed by atoms with Crippen LogP contribution in [0.2, 0.25) is 10.0 Å². The van der Waals surface area contributed by atoms with E-state index in [9.17, 15) is 4.79 Å². The smallest absolute Gasteiger partial charge is 0.244 e. The Morgan fingerprint density at radius 2 is 1.62 bits per heavy atom. The van der Waals surface area contributed by atoms with Crippen molar-refractivity contribution in [3.63, 3.8) is 0 Å². The highest BCUT2D eigenvalue weighted by atomic mass is 35.5. The monoisotopic (exact) mass is 429 g/mol. The summed E-state index contributed by atoms with van der Waals surface area (Å²) in [6.45, 7) is 2.92. The van der Waals surface area contributed by atoms with Crippen LogP contribution in [0.15, 0.2) is 54.6 Å². The standard InChI is InChI=1S/C21H21Cl2N5O/c22-16-6-8-17(9-7-16)26-10-12-27(13-11-26)18(29)14-28-20(19(23)21(24)25-28)15-4-2-1-3-5-15/h1-9H,10-14H2,(H2,24,25). The van der Waals surface area contributed by atoms with Gasteiger partial charge in [-0.3, -0.25) is 9.48 Å². The number of carbonyl (C=O) groups excluding carboxylic acids is 1. The molecule has 1 aliphatic rings. The Balaban J connectivity index is 1.44. The number of piperazine rings is 1. The third-order valence-corrected chi connectivity index (χ3v) is 5.70. The van der Waals surface area contributed by atoms with Crippen molar-refractivity contribution in [3.05, 3.63) is 64.6 Å². The maximum atomic E-state index is 12.9. The van der Waals surface area contributed by atoms with E-state index >= 15 is 0 Å². The average Bonchev–Trinajstić information content (AvgIpc) is 3.02. The molecule has 0 saturated carbocycles. The summed E-state index contributed by atoms with van der Waals surface area (Å²) < 4.78 is 1.60. The van der Waals surface area contributed by atoms with E-state index in [1.165, 1.54) is 0 Å². The van der Waals surface area contributed by atoms with Crippen LogP contribution in [0.25, 0.3) is 11.3 Å². The molecule has 6 nitrogen and oxygen atoms in total. The number of nitrogen functional groups attached to an aromatic ring is 1. The van der Waals surface area contributed by atoms with Crippen LogP contribution in [0, 0.1) is 0 Å². The SMILES string of the molecule is Nc1nn(CC(=O)N2CCN(c3ccc(Cl)cc3)CC2)c(-c2ccccc2)c1Cl. The minimum absolute atomic E-state index is 0.00268. The minimum Gasteiger partial charge on any atom is -0.381 e. The van der Waals surface area contributed by atoms with Crippen molar-refractivity contribution >= 4 is 40.6 Å². The van der Waals surface area contributed by atoms with E-state index in [-0.39, 0.29) is 18.3 Å². The Kier molecular flexibility index (Phi) is 5.65. The molecule has 1 saturated heterocycles. The summed E-state index contributed by atoms with van der Waals surface area (Å²) in [6, 6.07) is 17.4. The molecule has 150 valence electrons. The molecule has 4 rings (SSSR count). The van der Waals surface area contributed by atoms with Crippen molar-refractivity contribution in [1.82, 2.24) is 14.7 Å². The summed E-state index contributed by atoms with van der Waals surface area (Å²) in [7, 11) is 0. The molecule has 1 fully saturated rings. The second kappa shape index (κ2) is 8.35. The number of rotatable bonds is 4. The predicted molar refractivity (Wildman–Crippen MR) is 117 cm³/mol. The van der Waals surface area contributed by atoms with Crippen molar-refractivity contribution < 1.29 is 4.79 Å². The molecule has 0 unspecified atom stereocenters. The first-order valence-electron chi connectivity index (χ1n) is 9.38. The lowest BCUT2D eigenvalue weighted by atomic mass is 10.1. The molecule has 2 heterocycles. The number of nitrogens with zero attached hydrogens (tertiary/aromatic N) is 4. The maximum Gasteiger partial charge on any atom is 0.244 e. The molecular weight excluding hydrogens is 409 g/mol. The molecular formula is C21H21Cl2N5O. The maximum absolute atomic E-state index is 12.9. The topological polar surface area (TPSA) is 67.4 Å². The Labute approximate surface area is 179 Å². The van der Waals surface area contributed by atoms with Gasteiger partial charge in [-0.25, -0.2) is 0 Å². The summed E-state index contributed by atoms with van der Waals surface area (Å²) in [4.78, 5) is 17.0. The van der Waals surface area contributed by atoms with E-state index in [1.807, 2.05) is 59.5 Å². The van der Waals surface area contributed by atoms with Gasteiger partial charge in [0.2, 0.25) is 5.91 Å². The van der Waals surface area contributed by atoms with Gasteiger partial charge in [-0.15, -0.1) is 0 Å². The van der Waals surface area contributed by atoms with Crippen LogP contribution in [0.1, 0.15) is 0 Å². The van der Waals surface area contributed by atoms with Gasteiger partial charge < -0.3 is 15.5 Å². The second-order valence-electron chi connectivity index (χ2n) is 6.92. The largest absolute Gasteiger partial charge is 0.381 e. The van der Waals surface area contributed by atoms with Crippen molar-refractivity contribution in [2.75, 3.05) is 36.8 Å². The van der Waals surface area contributed by atoms with Crippen LogP contribution in [-0.4, -0.2) is 46.8 Å². The molecule has 3 aromatic rings. The van der Waals surface area contributed by atoms with Gasteiger partial charge in [0.05, 0.1) is 5.69 Å². The van der Waals surface area contributed by atoms with Gasteiger partial charge in [0.1, 0.15) is 11.6 Å². The Bertz CT molecular complexity index is 996. The van der Waals surface area contributed by atoms with Crippen molar-refractivity contribution in [1.29, 1.82) is 0 Å². The average molecular weight is 430 g/mol. The minimum atomic E-state index is -0.00268.